The smallest absolute Gasteiger partial charge is 0.158 e. The van der Waals surface area contributed by atoms with Crippen LogP contribution in [0, 0.1) is 17.8 Å². The van der Waals surface area contributed by atoms with Crippen LogP contribution >= 0.6 is 0 Å². The molecule has 2 aliphatic heterocycles. The van der Waals surface area contributed by atoms with Crippen molar-refractivity contribution in [3.05, 3.63) is 23.8 Å². The molecule has 0 radical (unpaired) electrons. The Kier molecular flexibility index (Phi) is 12.3. The zero-order valence-corrected chi connectivity index (χ0v) is 22.8. The van der Waals surface area contributed by atoms with Crippen LogP contribution in [0.15, 0.2) is 23.8 Å². The minimum absolute atomic E-state index is 0.0346. The summed E-state index contributed by atoms with van der Waals surface area (Å²) in [6, 6.07) is 0. The highest BCUT2D eigenvalue weighted by atomic mass is 16.7. The second-order valence-corrected chi connectivity index (χ2v) is 11.5. The first kappa shape index (κ1) is 28.3. The molecule has 7 atom stereocenters. The van der Waals surface area contributed by atoms with Gasteiger partial charge in [-0.3, -0.25) is 0 Å². The first-order valence-electron chi connectivity index (χ1n) is 15.3. The van der Waals surface area contributed by atoms with Crippen LogP contribution in [-0.4, -0.2) is 49.7 Å². The van der Waals surface area contributed by atoms with Gasteiger partial charge in [-0.1, -0.05) is 56.4 Å². The van der Waals surface area contributed by atoms with Gasteiger partial charge in [0, 0.05) is 25.7 Å². The molecule has 0 spiro atoms. The summed E-state index contributed by atoms with van der Waals surface area (Å²) >= 11 is 0. The van der Waals surface area contributed by atoms with E-state index in [0.29, 0.717) is 24.4 Å². The topological polar surface area (TPSA) is 57.2 Å². The van der Waals surface area contributed by atoms with Gasteiger partial charge in [0.05, 0.1) is 12.2 Å². The summed E-state index contributed by atoms with van der Waals surface area (Å²) in [6.45, 7) is 4.23. The Hall–Kier alpha value is -0.720. The monoisotopic (exact) mass is 504 g/mol. The van der Waals surface area contributed by atoms with Crippen molar-refractivity contribution in [3.63, 3.8) is 0 Å². The molecule has 4 aliphatic rings. The second kappa shape index (κ2) is 15.6. The van der Waals surface area contributed by atoms with E-state index in [9.17, 15) is 0 Å². The van der Waals surface area contributed by atoms with Crippen molar-refractivity contribution in [2.24, 2.45) is 17.8 Å². The van der Waals surface area contributed by atoms with Gasteiger partial charge in [-0.25, -0.2) is 0 Å². The fourth-order valence-electron chi connectivity index (χ4n) is 6.64. The summed E-state index contributed by atoms with van der Waals surface area (Å²) in [7, 11) is 0. The molecule has 1 saturated carbocycles. The third-order valence-corrected chi connectivity index (χ3v) is 8.65. The van der Waals surface area contributed by atoms with Crippen molar-refractivity contribution in [2.45, 2.75) is 134 Å². The summed E-state index contributed by atoms with van der Waals surface area (Å²) in [5.41, 5.74) is 1.63. The maximum Gasteiger partial charge on any atom is 0.158 e. The third kappa shape index (κ3) is 8.66. The Morgan fingerprint density at radius 1 is 1.00 bits per heavy atom. The van der Waals surface area contributed by atoms with Crippen molar-refractivity contribution < 1.29 is 24.1 Å². The van der Waals surface area contributed by atoms with E-state index < -0.39 is 0 Å². The number of rotatable bonds is 15. The van der Waals surface area contributed by atoms with E-state index >= 15 is 0 Å². The normalized spacial score (nSPS) is 33.7. The van der Waals surface area contributed by atoms with Gasteiger partial charge in [0.15, 0.2) is 12.6 Å². The lowest BCUT2D eigenvalue weighted by Crippen LogP contribution is -2.31. The molecule has 0 aromatic heterocycles. The molecule has 0 aromatic rings. The summed E-state index contributed by atoms with van der Waals surface area (Å²) < 4.78 is 25.0. The molecule has 2 saturated heterocycles. The summed E-state index contributed by atoms with van der Waals surface area (Å²) in [6.07, 6.45) is 25.9. The Labute approximate surface area is 220 Å². The zero-order valence-electron chi connectivity index (χ0n) is 22.8. The number of hydrogen-bond acceptors (Lipinski definition) is 5. The molecule has 2 unspecified atom stereocenters. The highest BCUT2D eigenvalue weighted by Crippen LogP contribution is 2.50. The molecule has 0 amide bonds. The highest BCUT2D eigenvalue weighted by molar-refractivity contribution is 5.21. The lowest BCUT2D eigenvalue weighted by Gasteiger charge is -2.30. The van der Waals surface area contributed by atoms with Crippen LogP contribution in [0.1, 0.15) is 110 Å². The van der Waals surface area contributed by atoms with E-state index in [1.54, 1.807) is 5.57 Å². The van der Waals surface area contributed by atoms with Gasteiger partial charge in [0.2, 0.25) is 0 Å². The van der Waals surface area contributed by atoms with Gasteiger partial charge in [-0.2, -0.15) is 0 Å². The lowest BCUT2D eigenvalue weighted by molar-refractivity contribution is -0.193. The van der Waals surface area contributed by atoms with Gasteiger partial charge in [0.1, 0.15) is 0 Å². The quantitative estimate of drug-likeness (QED) is 0.191. The minimum atomic E-state index is -0.0484. The molecule has 0 bridgehead atoms. The average molecular weight is 505 g/mol. The van der Waals surface area contributed by atoms with Crippen molar-refractivity contribution in [2.75, 3.05) is 19.8 Å². The molecule has 5 nitrogen and oxygen atoms in total. The predicted octanol–water partition coefficient (Wildman–Crippen LogP) is 7.08. The van der Waals surface area contributed by atoms with Gasteiger partial charge < -0.3 is 24.1 Å². The third-order valence-electron chi connectivity index (χ3n) is 8.65. The van der Waals surface area contributed by atoms with E-state index in [4.69, 9.17) is 24.1 Å². The predicted molar refractivity (Wildman–Crippen MR) is 144 cm³/mol. The SMILES string of the molecule is CCCCC[C@@H](/C=C\[C@H]1[C@H]2CC(CCCCCO)=C[C@H]2C[C@H]1OC1CCCCO1)OC1CCCCO1. The molecule has 2 heterocycles. The van der Waals surface area contributed by atoms with Gasteiger partial charge in [-0.15, -0.1) is 0 Å². The van der Waals surface area contributed by atoms with E-state index in [2.05, 4.69) is 25.2 Å². The van der Waals surface area contributed by atoms with Crippen molar-refractivity contribution in [3.8, 4) is 0 Å². The van der Waals surface area contributed by atoms with Gasteiger partial charge >= 0.3 is 0 Å². The van der Waals surface area contributed by atoms with Crippen LogP contribution in [0.3, 0.4) is 0 Å². The highest BCUT2D eigenvalue weighted by Gasteiger charge is 2.45. The molecule has 1 N–H and O–H groups in total. The van der Waals surface area contributed by atoms with Crippen LogP contribution < -0.4 is 0 Å². The first-order chi connectivity index (χ1) is 17.8. The molecule has 5 heteroatoms. The first-order valence-corrected chi connectivity index (χ1v) is 15.3. The molecular weight excluding hydrogens is 452 g/mol. The lowest BCUT2D eigenvalue weighted by atomic mass is 9.88. The van der Waals surface area contributed by atoms with Crippen LogP contribution in [0.4, 0.5) is 0 Å². The number of aliphatic hydroxyl groups is 1. The largest absolute Gasteiger partial charge is 0.396 e. The Balaban J connectivity index is 1.40. The van der Waals surface area contributed by atoms with Crippen LogP contribution in [0.2, 0.25) is 0 Å². The fraction of sp³-hybridized carbons (Fsp3) is 0.871. The Morgan fingerprint density at radius 3 is 2.53 bits per heavy atom. The Bertz CT molecular complexity index is 664. The Morgan fingerprint density at radius 2 is 1.81 bits per heavy atom. The number of hydrogen-bond donors (Lipinski definition) is 1. The average Bonchev–Trinajstić information content (AvgIpc) is 3.43. The van der Waals surface area contributed by atoms with Gasteiger partial charge in [0.25, 0.3) is 0 Å². The van der Waals surface area contributed by atoms with Crippen molar-refractivity contribution in [1.82, 2.24) is 0 Å². The zero-order chi connectivity index (χ0) is 25.0. The molecule has 0 aromatic carbocycles. The summed E-state index contributed by atoms with van der Waals surface area (Å²) in [4.78, 5) is 0. The fourth-order valence-corrected chi connectivity index (χ4v) is 6.64. The maximum atomic E-state index is 9.10. The van der Waals surface area contributed by atoms with E-state index in [-0.39, 0.29) is 24.8 Å². The second-order valence-electron chi connectivity index (χ2n) is 11.5. The molecule has 206 valence electrons. The number of ether oxygens (including phenoxy) is 4. The summed E-state index contributed by atoms with van der Waals surface area (Å²) in [5, 5.41) is 9.10. The van der Waals surface area contributed by atoms with E-state index in [1.807, 2.05) is 0 Å². The number of unbranched alkanes of at least 4 members (excludes halogenated alkanes) is 4. The molecule has 36 heavy (non-hydrogen) atoms. The molecule has 2 aliphatic carbocycles. The van der Waals surface area contributed by atoms with Crippen molar-refractivity contribution in [1.29, 1.82) is 0 Å². The summed E-state index contributed by atoms with van der Waals surface area (Å²) in [5.74, 6) is 1.66. The van der Waals surface area contributed by atoms with E-state index in [1.165, 1.54) is 51.4 Å². The molecule has 3 fully saturated rings. The van der Waals surface area contributed by atoms with Gasteiger partial charge in [-0.05, 0) is 88.9 Å². The number of fused-ring (bicyclic) bond motifs is 1. The minimum Gasteiger partial charge on any atom is -0.396 e. The van der Waals surface area contributed by atoms with Crippen LogP contribution in [0.25, 0.3) is 0 Å². The number of aliphatic hydroxyl groups excluding tert-OH is 1. The van der Waals surface area contributed by atoms with E-state index in [0.717, 1.165) is 64.6 Å². The number of allylic oxidation sites excluding steroid dienone is 2. The maximum absolute atomic E-state index is 9.10. The van der Waals surface area contributed by atoms with Crippen LogP contribution in [0.5, 0.6) is 0 Å². The molecule has 4 rings (SSSR count). The molecular formula is C31H52O5. The van der Waals surface area contributed by atoms with Crippen molar-refractivity contribution >= 4 is 0 Å². The standard InChI is InChI=1S/C31H52O5/c1-2-3-5-13-26(35-30-14-7-10-19-33-30)16-17-27-28-22-24(12-6-4-9-18-32)21-25(28)23-29(27)36-31-15-8-11-20-34-31/h16-17,21,25-32H,2-15,18-20,22-23H2,1H3/b17-16-/t25-,26-,27-,28-,29+,30?,31?/m0/s1. The van der Waals surface area contributed by atoms with Crippen LogP contribution in [-0.2, 0) is 18.9 Å².